The third-order valence-electron chi connectivity index (χ3n) is 5.89. The van der Waals surface area contributed by atoms with Crippen LogP contribution in [-0.4, -0.2) is 37.6 Å². The van der Waals surface area contributed by atoms with Gasteiger partial charge >= 0.3 is 6.18 Å². The van der Waals surface area contributed by atoms with Crippen LogP contribution in [-0.2, 0) is 5.66 Å². The van der Waals surface area contributed by atoms with Crippen LogP contribution >= 0.6 is 11.6 Å². The zero-order valence-electron chi connectivity index (χ0n) is 17.0. The van der Waals surface area contributed by atoms with Crippen LogP contribution in [0.2, 0.25) is 5.02 Å². The van der Waals surface area contributed by atoms with E-state index in [-0.39, 0.29) is 34.8 Å². The maximum absolute atomic E-state index is 14.7. The molecule has 2 atom stereocenters. The monoisotopic (exact) mass is 465 g/mol. The Labute approximate surface area is 187 Å². The molecular formula is C22H20ClF4N5. The normalized spacial score (nSPS) is 25.1. The number of anilines is 2. The standard InChI is InChI=1S/C22H20ClF4N5/c1-32-8-7-20(11-32,22(25,26)27)6-5-13-9-18-15(10-17(13)28)21(29,31-12-30-18)14-3-2-4-16(23)19(14)24/h2-4,9-10,12H,7-8,11,28-29H2,1H3,(H,30,31). The summed E-state index contributed by atoms with van der Waals surface area (Å²) in [5.41, 5.74) is 9.94. The lowest BCUT2D eigenvalue weighted by Crippen LogP contribution is -2.40. The number of nitrogen functional groups attached to an aromatic ring is 1. The largest absolute Gasteiger partial charge is 0.406 e. The first kappa shape index (κ1) is 22.4. The number of halogens is 5. The fourth-order valence-corrected chi connectivity index (χ4v) is 4.21. The van der Waals surface area contributed by atoms with E-state index >= 15 is 0 Å². The van der Waals surface area contributed by atoms with Gasteiger partial charge in [0.05, 0.1) is 11.4 Å². The van der Waals surface area contributed by atoms with Crippen molar-refractivity contribution in [3.63, 3.8) is 0 Å². The van der Waals surface area contributed by atoms with E-state index in [2.05, 4.69) is 22.2 Å². The van der Waals surface area contributed by atoms with Crippen LogP contribution in [0.5, 0.6) is 0 Å². The number of benzene rings is 2. The first-order valence-electron chi connectivity index (χ1n) is 9.73. The number of aliphatic imine (C=N–C) groups is 1. The van der Waals surface area contributed by atoms with Gasteiger partial charge in [-0.15, -0.1) is 0 Å². The van der Waals surface area contributed by atoms with E-state index in [1.165, 1.54) is 30.6 Å². The molecule has 5 nitrogen and oxygen atoms in total. The van der Waals surface area contributed by atoms with E-state index < -0.39 is 23.1 Å². The molecule has 0 bridgehead atoms. The van der Waals surface area contributed by atoms with Crippen molar-refractivity contribution < 1.29 is 17.6 Å². The van der Waals surface area contributed by atoms with Crippen molar-refractivity contribution in [2.45, 2.75) is 18.3 Å². The molecule has 0 aliphatic carbocycles. The zero-order chi connectivity index (χ0) is 23.3. The number of likely N-dealkylation sites (tertiary alicyclic amines) is 1. The van der Waals surface area contributed by atoms with Crippen LogP contribution < -0.4 is 16.8 Å². The highest BCUT2D eigenvalue weighted by Gasteiger charge is 2.56. The lowest BCUT2D eigenvalue weighted by Gasteiger charge is -2.32. The molecule has 2 aliphatic rings. The minimum atomic E-state index is -4.48. The van der Waals surface area contributed by atoms with Crippen molar-refractivity contribution in [3.8, 4) is 11.8 Å². The van der Waals surface area contributed by atoms with Gasteiger partial charge in [-0.05, 0) is 38.2 Å². The van der Waals surface area contributed by atoms with Crippen molar-refractivity contribution in [1.29, 1.82) is 0 Å². The summed E-state index contributed by atoms with van der Waals surface area (Å²) in [6.45, 7) is 0.0893. The molecule has 2 unspecified atom stereocenters. The highest BCUT2D eigenvalue weighted by Crippen LogP contribution is 2.45. The van der Waals surface area contributed by atoms with Crippen LogP contribution in [0, 0.1) is 23.1 Å². The predicted molar refractivity (Wildman–Crippen MR) is 117 cm³/mol. The second kappa shape index (κ2) is 7.66. The van der Waals surface area contributed by atoms with Crippen LogP contribution in [0.3, 0.4) is 0 Å². The molecule has 0 spiro atoms. The fourth-order valence-electron chi connectivity index (χ4n) is 4.04. The molecule has 0 aromatic heterocycles. The SMILES string of the molecule is CN1CCC(C#Cc2cc3c(cc2N)C(N)(c2cccc(Cl)c2F)N=CN3)(C(F)(F)F)C1. The Morgan fingerprint density at radius 3 is 2.66 bits per heavy atom. The van der Waals surface area contributed by atoms with Gasteiger partial charge in [-0.25, -0.2) is 9.38 Å². The second-order valence-corrected chi connectivity index (χ2v) is 8.48. The molecule has 10 heteroatoms. The number of fused-ring (bicyclic) bond motifs is 1. The smallest absolute Gasteiger partial charge is 0.398 e. The Morgan fingerprint density at radius 2 is 2.00 bits per heavy atom. The molecular weight excluding hydrogens is 446 g/mol. The average Bonchev–Trinajstić information content (AvgIpc) is 3.11. The molecule has 0 radical (unpaired) electrons. The third kappa shape index (κ3) is 3.58. The van der Waals surface area contributed by atoms with Gasteiger partial charge in [0.1, 0.15) is 11.2 Å². The lowest BCUT2D eigenvalue weighted by atomic mass is 9.86. The minimum absolute atomic E-state index is 0.0345. The molecule has 2 aromatic rings. The maximum Gasteiger partial charge on any atom is 0.406 e. The molecule has 0 amide bonds. The van der Waals surface area contributed by atoms with Gasteiger partial charge in [0.25, 0.3) is 0 Å². The molecule has 2 aromatic carbocycles. The average molecular weight is 466 g/mol. The first-order chi connectivity index (χ1) is 15.0. The summed E-state index contributed by atoms with van der Waals surface area (Å²) in [7, 11) is 1.63. The van der Waals surface area contributed by atoms with Gasteiger partial charge < -0.3 is 16.0 Å². The van der Waals surface area contributed by atoms with E-state index in [4.69, 9.17) is 23.1 Å². The summed E-state index contributed by atoms with van der Waals surface area (Å²) in [6.07, 6.45) is -3.30. The Hall–Kier alpha value is -2.80. The van der Waals surface area contributed by atoms with Crippen molar-refractivity contribution in [2.75, 3.05) is 31.2 Å². The number of hydrogen-bond acceptors (Lipinski definition) is 5. The molecule has 5 N–H and O–H groups in total. The molecule has 1 saturated heterocycles. The molecule has 4 rings (SSSR count). The minimum Gasteiger partial charge on any atom is -0.398 e. The quantitative estimate of drug-likeness (QED) is 0.339. The third-order valence-corrected chi connectivity index (χ3v) is 6.18. The summed E-state index contributed by atoms with van der Waals surface area (Å²) in [6, 6.07) is 7.34. The predicted octanol–water partition coefficient (Wildman–Crippen LogP) is 3.91. The van der Waals surface area contributed by atoms with Crippen LogP contribution in [0.1, 0.15) is 23.1 Å². The number of hydrogen-bond donors (Lipinski definition) is 3. The first-order valence-corrected chi connectivity index (χ1v) is 10.1. The summed E-state index contributed by atoms with van der Waals surface area (Å²) in [4.78, 5) is 5.80. The van der Waals surface area contributed by atoms with E-state index in [0.29, 0.717) is 17.8 Å². The summed E-state index contributed by atoms with van der Waals surface area (Å²) in [5.74, 6) is 4.33. The molecule has 2 heterocycles. The zero-order valence-corrected chi connectivity index (χ0v) is 17.8. The van der Waals surface area contributed by atoms with Crippen molar-refractivity contribution in [2.24, 2.45) is 16.1 Å². The van der Waals surface area contributed by atoms with Gasteiger partial charge in [-0.1, -0.05) is 35.6 Å². The molecule has 2 aliphatic heterocycles. The van der Waals surface area contributed by atoms with Crippen molar-refractivity contribution in [3.05, 3.63) is 57.9 Å². The van der Waals surface area contributed by atoms with Gasteiger partial charge in [-0.2, -0.15) is 13.2 Å². The Bertz CT molecular complexity index is 1170. The fraction of sp³-hybridized carbons (Fsp3) is 0.318. The molecule has 0 saturated carbocycles. The molecule has 1 fully saturated rings. The second-order valence-electron chi connectivity index (χ2n) is 8.07. The van der Waals surface area contributed by atoms with Gasteiger partial charge in [0, 0.05) is 34.6 Å². The Balaban J connectivity index is 1.79. The number of alkyl halides is 3. The number of nitrogens with two attached hydrogens (primary N) is 2. The Kier molecular flexibility index (Phi) is 5.36. The van der Waals surface area contributed by atoms with Crippen LogP contribution in [0.25, 0.3) is 0 Å². The number of rotatable bonds is 1. The van der Waals surface area contributed by atoms with Gasteiger partial charge in [-0.3, -0.25) is 5.73 Å². The van der Waals surface area contributed by atoms with Crippen LogP contribution in [0.15, 0.2) is 35.3 Å². The van der Waals surface area contributed by atoms with E-state index in [0.717, 1.165) is 0 Å². The van der Waals surface area contributed by atoms with Gasteiger partial charge in [0.2, 0.25) is 0 Å². The van der Waals surface area contributed by atoms with E-state index in [9.17, 15) is 17.6 Å². The lowest BCUT2D eigenvalue weighted by molar-refractivity contribution is -0.197. The Morgan fingerprint density at radius 1 is 1.25 bits per heavy atom. The molecule has 168 valence electrons. The van der Waals surface area contributed by atoms with E-state index in [1.807, 2.05) is 0 Å². The highest BCUT2D eigenvalue weighted by atomic mass is 35.5. The highest BCUT2D eigenvalue weighted by molar-refractivity contribution is 6.30. The maximum atomic E-state index is 14.7. The molecule has 32 heavy (non-hydrogen) atoms. The number of nitrogens with zero attached hydrogens (tertiary/aromatic N) is 2. The number of nitrogens with one attached hydrogen (secondary N) is 1. The summed E-state index contributed by atoms with van der Waals surface area (Å²) in [5, 5.41) is 2.77. The summed E-state index contributed by atoms with van der Waals surface area (Å²) >= 11 is 5.91. The summed E-state index contributed by atoms with van der Waals surface area (Å²) < 4.78 is 56.0. The van der Waals surface area contributed by atoms with Crippen LogP contribution in [0.4, 0.5) is 28.9 Å². The topological polar surface area (TPSA) is 79.7 Å². The van der Waals surface area contributed by atoms with Crippen molar-refractivity contribution in [1.82, 2.24) is 4.90 Å². The van der Waals surface area contributed by atoms with E-state index in [1.54, 1.807) is 18.0 Å². The van der Waals surface area contributed by atoms with Crippen molar-refractivity contribution >= 4 is 29.3 Å². The van der Waals surface area contributed by atoms with Gasteiger partial charge in [0.15, 0.2) is 5.66 Å².